The van der Waals surface area contributed by atoms with Crippen molar-refractivity contribution >= 4 is 22.4 Å². The Labute approximate surface area is 187 Å². The van der Waals surface area contributed by atoms with Crippen molar-refractivity contribution in [1.82, 2.24) is 4.98 Å². The van der Waals surface area contributed by atoms with Crippen LogP contribution in [0.15, 0.2) is 72.9 Å². The normalized spacial score (nSPS) is 11.1. The number of ether oxygens (including phenoxy) is 1. The van der Waals surface area contributed by atoms with E-state index in [1.807, 2.05) is 67.6 Å². The third-order valence-corrected chi connectivity index (χ3v) is 5.73. The van der Waals surface area contributed by atoms with Crippen LogP contribution in [0.25, 0.3) is 10.8 Å². The van der Waals surface area contributed by atoms with Crippen molar-refractivity contribution in [2.75, 3.05) is 6.61 Å². The Kier molecular flexibility index (Phi) is 6.83. The Balaban J connectivity index is 1.43. The first kappa shape index (κ1) is 21.3. The molecule has 0 N–H and O–H groups in total. The highest BCUT2D eigenvalue weighted by atomic mass is 35.5. The number of benzene rings is 3. The Morgan fingerprint density at radius 1 is 0.839 bits per heavy atom. The molecule has 31 heavy (non-hydrogen) atoms. The lowest BCUT2D eigenvalue weighted by atomic mass is 9.98. The molecule has 0 saturated carbocycles. The summed E-state index contributed by atoms with van der Waals surface area (Å²) in [5.41, 5.74) is 4.10. The highest BCUT2D eigenvalue weighted by molar-refractivity contribution is 6.30. The summed E-state index contributed by atoms with van der Waals surface area (Å²) in [5.74, 6) is 0.672. The summed E-state index contributed by atoms with van der Waals surface area (Å²) in [6.07, 6.45) is 4.90. The zero-order chi connectivity index (χ0) is 21.6. The minimum atomic E-state index is -0.119. The number of hydrogen-bond donors (Lipinski definition) is 0. The molecule has 1 aromatic heterocycles. The number of aryl methyl sites for hydroxylation is 4. The average Bonchev–Trinajstić information content (AvgIpc) is 2.79. The van der Waals surface area contributed by atoms with Crippen molar-refractivity contribution in [3.05, 3.63) is 106 Å². The van der Waals surface area contributed by atoms with Crippen LogP contribution >= 0.6 is 11.6 Å². The van der Waals surface area contributed by atoms with Gasteiger partial charge in [0.05, 0.1) is 12.8 Å². The number of halogens is 2. The van der Waals surface area contributed by atoms with E-state index in [1.165, 1.54) is 5.56 Å². The van der Waals surface area contributed by atoms with E-state index in [0.29, 0.717) is 18.4 Å². The monoisotopic (exact) mass is 433 g/mol. The SMILES string of the molecule is CCOc1ccc(CCc2ccc3c(F)c(CCc4ccc(Cl)cc4)ccc3c2)nc1. The minimum Gasteiger partial charge on any atom is -0.492 e. The predicted molar refractivity (Wildman–Crippen MR) is 126 cm³/mol. The molecule has 0 aliphatic heterocycles. The molecule has 3 aromatic carbocycles. The Morgan fingerprint density at radius 3 is 2.35 bits per heavy atom. The molecule has 4 heteroatoms. The zero-order valence-corrected chi connectivity index (χ0v) is 18.3. The van der Waals surface area contributed by atoms with Gasteiger partial charge in [0.1, 0.15) is 11.6 Å². The van der Waals surface area contributed by atoms with E-state index in [-0.39, 0.29) is 5.82 Å². The van der Waals surface area contributed by atoms with Crippen LogP contribution in [-0.2, 0) is 25.7 Å². The molecule has 0 fully saturated rings. The number of rotatable bonds is 8. The number of hydrogen-bond acceptors (Lipinski definition) is 2. The molecule has 0 unspecified atom stereocenters. The molecule has 1 heterocycles. The molecule has 0 atom stereocenters. The van der Waals surface area contributed by atoms with Crippen molar-refractivity contribution in [1.29, 1.82) is 0 Å². The molecule has 0 amide bonds. The van der Waals surface area contributed by atoms with Gasteiger partial charge in [0.15, 0.2) is 0 Å². The summed E-state index contributed by atoms with van der Waals surface area (Å²) in [6, 6.07) is 21.6. The minimum absolute atomic E-state index is 0.119. The maximum atomic E-state index is 15.1. The van der Waals surface area contributed by atoms with Gasteiger partial charge in [0, 0.05) is 16.1 Å². The van der Waals surface area contributed by atoms with Crippen LogP contribution < -0.4 is 4.74 Å². The second kappa shape index (κ2) is 9.93. The molecule has 0 bridgehead atoms. The smallest absolute Gasteiger partial charge is 0.137 e. The molecule has 0 aliphatic rings. The quantitative estimate of drug-likeness (QED) is 0.298. The van der Waals surface area contributed by atoms with Gasteiger partial charge in [-0.2, -0.15) is 0 Å². The van der Waals surface area contributed by atoms with E-state index in [9.17, 15) is 0 Å². The number of fused-ring (bicyclic) bond motifs is 1. The number of pyridine rings is 1. The molecule has 0 spiro atoms. The van der Waals surface area contributed by atoms with Crippen molar-refractivity contribution < 1.29 is 9.13 Å². The lowest BCUT2D eigenvalue weighted by molar-refractivity contribution is 0.338. The summed E-state index contributed by atoms with van der Waals surface area (Å²) >= 11 is 5.94. The summed E-state index contributed by atoms with van der Waals surface area (Å²) in [4.78, 5) is 4.46. The second-order valence-corrected chi connectivity index (χ2v) is 8.08. The second-order valence-electron chi connectivity index (χ2n) is 7.64. The Morgan fingerprint density at radius 2 is 1.61 bits per heavy atom. The largest absolute Gasteiger partial charge is 0.492 e. The van der Waals surface area contributed by atoms with Gasteiger partial charge >= 0.3 is 0 Å². The van der Waals surface area contributed by atoms with Crippen molar-refractivity contribution in [3.63, 3.8) is 0 Å². The van der Waals surface area contributed by atoms with Crippen LogP contribution in [0, 0.1) is 5.82 Å². The first-order valence-corrected chi connectivity index (χ1v) is 11.0. The van der Waals surface area contributed by atoms with Gasteiger partial charge in [-0.25, -0.2) is 4.39 Å². The van der Waals surface area contributed by atoms with Crippen LogP contribution in [0.4, 0.5) is 4.39 Å². The van der Waals surface area contributed by atoms with Gasteiger partial charge in [-0.05, 0) is 78.9 Å². The van der Waals surface area contributed by atoms with Crippen LogP contribution in [0.3, 0.4) is 0 Å². The molecule has 0 aliphatic carbocycles. The lowest BCUT2D eigenvalue weighted by Crippen LogP contribution is -1.98. The highest BCUT2D eigenvalue weighted by Gasteiger charge is 2.09. The molecule has 4 aromatic rings. The van der Waals surface area contributed by atoms with Gasteiger partial charge in [0.25, 0.3) is 0 Å². The third-order valence-electron chi connectivity index (χ3n) is 5.47. The van der Waals surface area contributed by atoms with E-state index < -0.39 is 0 Å². The Hall–Kier alpha value is -2.91. The summed E-state index contributed by atoms with van der Waals surface area (Å²) < 4.78 is 20.5. The molecule has 4 rings (SSSR count). The first-order valence-electron chi connectivity index (χ1n) is 10.6. The molecule has 158 valence electrons. The molecule has 0 saturated heterocycles. The fraction of sp³-hybridized carbons (Fsp3) is 0.222. The van der Waals surface area contributed by atoms with Gasteiger partial charge in [0.2, 0.25) is 0 Å². The first-order chi connectivity index (χ1) is 15.1. The number of nitrogens with zero attached hydrogens (tertiary/aromatic N) is 1. The molecular weight excluding hydrogens is 409 g/mol. The number of aromatic nitrogens is 1. The van der Waals surface area contributed by atoms with Crippen LogP contribution in [0.5, 0.6) is 5.75 Å². The van der Waals surface area contributed by atoms with E-state index >= 15 is 4.39 Å². The molecular formula is C27H25ClFNO. The van der Waals surface area contributed by atoms with Crippen LogP contribution in [0.2, 0.25) is 5.02 Å². The van der Waals surface area contributed by atoms with Crippen LogP contribution in [0.1, 0.15) is 29.3 Å². The predicted octanol–water partition coefficient (Wildman–Crippen LogP) is 7.00. The van der Waals surface area contributed by atoms with E-state index in [2.05, 4.69) is 11.1 Å². The molecule has 0 radical (unpaired) electrons. The lowest BCUT2D eigenvalue weighted by Gasteiger charge is -2.09. The van der Waals surface area contributed by atoms with Gasteiger partial charge in [-0.15, -0.1) is 0 Å². The van der Waals surface area contributed by atoms with Gasteiger partial charge in [-0.3, -0.25) is 4.98 Å². The highest BCUT2D eigenvalue weighted by Crippen LogP contribution is 2.24. The van der Waals surface area contributed by atoms with Crippen LogP contribution in [-0.4, -0.2) is 11.6 Å². The van der Waals surface area contributed by atoms with Gasteiger partial charge < -0.3 is 4.74 Å². The van der Waals surface area contributed by atoms with Crippen molar-refractivity contribution in [2.24, 2.45) is 0 Å². The van der Waals surface area contributed by atoms with Crippen molar-refractivity contribution in [3.8, 4) is 5.75 Å². The topological polar surface area (TPSA) is 22.1 Å². The van der Waals surface area contributed by atoms with E-state index in [1.54, 1.807) is 6.20 Å². The average molecular weight is 434 g/mol. The Bertz CT molecular complexity index is 1160. The third kappa shape index (κ3) is 5.42. The summed E-state index contributed by atoms with van der Waals surface area (Å²) in [6.45, 7) is 2.59. The summed E-state index contributed by atoms with van der Waals surface area (Å²) in [7, 11) is 0. The van der Waals surface area contributed by atoms with Crippen molar-refractivity contribution in [2.45, 2.75) is 32.6 Å². The van der Waals surface area contributed by atoms with E-state index in [4.69, 9.17) is 16.3 Å². The maximum absolute atomic E-state index is 15.1. The zero-order valence-electron chi connectivity index (χ0n) is 17.6. The fourth-order valence-electron chi connectivity index (χ4n) is 3.75. The molecule has 2 nitrogen and oxygen atoms in total. The van der Waals surface area contributed by atoms with Gasteiger partial charge in [-0.1, -0.05) is 54.1 Å². The van der Waals surface area contributed by atoms with E-state index in [0.717, 1.165) is 52.2 Å². The standard InChI is InChI=1S/C27H25ClFNO/c1-2-31-25-15-14-24(30-18-25)13-6-20-7-16-26-22(17-20)10-9-21(27(26)29)8-3-19-4-11-23(28)12-5-19/h4-5,7,9-12,14-18H,2-3,6,8,13H2,1H3. The summed E-state index contributed by atoms with van der Waals surface area (Å²) in [5, 5.41) is 2.33. The maximum Gasteiger partial charge on any atom is 0.137 e. The fourth-order valence-corrected chi connectivity index (χ4v) is 3.87.